The van der Waals surface area contributed by atoms with Gasteiger partial charge >= 0.3 is 0 Å². The van der Waals surface area contributed by atoms with Crippen LogP contribution in [0.1, 0.15) is 31.4 Å². The van der Waals surface area contributed by atoms with Crippen molar-refractivity contribution >= 4 is 23.4 Å². The molecule has 32 heavy (non-hydrogen) atoms. The zero-order chi connectivity index (χ0) is 22.8. The van der Waals surface area contributed by atoms with E-state index in [0.717, 1.165) is 0 Å². The number of carbonyl (C=O) groups excluding carboxylic acids is 3. The Morgan fingerprint density at radius 3 is 2.53 bits per heavy atom. The monoisotopic (exact) mass is 435 g/mol. The molecule has 0 saturated carbocycles. The molecule has 2 saturated heterocycles. The molecule has 5 rings (SSSR count). The maximum atomic E-state index is 13.6. The molecule has 0 radical (unpaired) electrons. The minimum absolute atomic E-state index is 0.235. The number of rotatable bonds is 4. The maximum absolute atomic E-state index is 13.6. The molecule has 3 aliphatic rings. The van der Waals surface area contributed by atoms with Crippen LogP contribution in [0.4, 0.5) is 5.69 Å². The molecule has 2 aromatic rings. The van der Waals surface area contributed by atoms with Gasteiger partial charge in [-0.3, -0.25) is 24.6 Å². The van der Waals surface area contributed by atoms with Gasteiger partial charge in [-0.25, -0.2) is 0 Å². The highest BCUT2D eigenvalue weighted by Gasteiger charge is 2.70. The Balaban J connectivity index is 1.63. The second-order valence-corrected chi connectivity index (χ2v) is 8.89. The lowest BCUT2D eigenvalue weighted by Crippen LogP contribution is -2.54. The Hall–Kier alpha value is -3.39. The number of para-hydroxylation sites is 1. The number of aromatic hydroxyl groups is 2. The number of phenols is 2. The molecule has 166 valence electrons. The number of hydrogen-bond acceptors (Lipinski definition) is 6. The van der Waals surface area contributed by atoms with Crippen molar-refractivity contribution in [3.05, 3.63) is 53.6 Å². The lowest BCUT2D eigenvalue weighted by molar-refractivity contribution is -0.145. The van der Waals surface area contributed by atoms with E-state index in [2.05, 4.69) is 10.6 Å². The summed E-state index contributed by atoms with van der Waals surface area (Å²) in [6.07, 6.45) is 0.927. The topological polar surface area (TPSA) is 119 Å². The van der Waals surface area contributed by atoms with E-state index >= 15 is 0 Å². The number of carbonyl (C=O) groups is 3. The van der Waals surface area contributed by atoms with Crippen LogP contribution in [0, 0.1) is 11.8 Å². The van der Waals surface area contributed by atoms with Gasteiger partial charge in [0.1, 0.15) is 5.54 Å². The smallest absolute Gasteiger partial charge is 0.250 e. The van der Waals surface area contributed by atoms with E-state index in [1.54, 1.807) is 12.1 Å². The highest BCUT2D eigenvalue weighted by molar-refractivity contribution is 6.15. The average molecular weight is 435 g/mol. The summed E-state index contributed by atoms with van der Waals surface area (Å²) in [4.78, 5) is 41.8. The van der Waals surface area contributed by atoms with Crippen molar-refractivity contribution in [2.75, 3.05) is 5.32 Å². The zero-order valence-corrected chi connectivity index (χ0v) is 17.8. The molecule has 4 N–H and O–H groups in total. The Morgan fingerprint density at radius 2 is 1.81 bits per heavy atom. The molecule has 5 atom stereocenters. The highest BCUT2D eigenvalue weighted by Crippen LogP contribution is 2.53. The van der Waals surface area contributed by atoms with Gasteiger partial charge in [-0.1, -0.05) is 31.2 Å². The van der Waals surface area contributed by atoms with Crippen LogP contribution in [-0.2, 0) is 26.3 Å². The first-order chi connectivity index (χ1) is 15.3. The third-order valence-electron chi connectivity index (χ3n) is 7.18. The summed E-state index contributed by atoms with van der Waals surface area (Å²) in [5.74, 6) is -3.01. The van der Waals surface area contributed by atoms with Gasteiger partial charge < -0.3 is 15.5 Å². The number of imide groups is 1. The number of nitrogens with one attached hydrogen (secondary N) is 2. The standard InChI is InChI=1S/C24H25N3O5/c1-3-12(2)27-21(30)19-16(10-13-8-9-17(28)18(29)11-13)26-24(20(19)22(27)31)14-6-4-5-7-15(14)25-23(24)32/h4-9,11-12,16,19-20,26,28-29H,3,10H2,1-2H3,(H,25,32)/t12-,16-,19-,20+,24+/m1/s1. The molecule has 8 heteroatoms. The van der Waals surface area contributed by atoms with Crippen molar-refractivity contribution in [3.8, 4) is 11.5 Å². The van der Waals surface area contributed by atoms with Gasteiger partial charge in [0.05, 0.1) is 11.8 Å². The van der Waals surface area contributed by atoms with Gasteiger partial charge in [0.2, 0.25) is 17.7 Å². The predicted octanol–water partition coefficient (Wildman–Crippen LogP) is 1.86. The largest absolute Gasteiger partial charge is 0.504 e. The van der Waals surface area contributed by atoms with Gasteiger partial charge in [-0.05, 0) is 43.5 Å². The fraction of sp³-hybridized carbons (Fsp3) is 0.375. The number of hydrogen-bond donors (Lipinski definition) is 4. The molecule has 2 aromatic carbocycles. The Labute approximate surface area is 185 Å². The molecule has 0 bridgehead atoms. The van der Waals surface area contributed by atoms with E-state index < -0.39 is 23.4 Å². The van der Waals surface area contributed by atoms with Gasteiger partial charge in [0.25, 0.3) is 0 Å². The Kier molecular flexibility index (Phi) is 4.53. The SMILES string of the molecule is CC[C@@H](C)N1C(=O)[C@H]2[C@@H](C1=O)[C@]1(N[C@@H]2Cc2ccc(O)c(O)c2)C(=O)Nc2ccccc21. The number of benzene rings is 2. The summed E-state index contributed by atoms with van der Waals surface area (Å²) in [5.41, 5.74) is 0.652. The van der Waals surface area contributed by atoms with Gasteiger partial charge in [0.15, 0.2) is 11.5 Å². The summed E-state index contributed by atoms with van der Waals surface area (Å²) in [5, 5.41) is 25.8. The number of likely N-dealkylation sites (tertiary alicyclic amines) is 1. The van der Waals surface area contributed by atoms with Crippen LogP contribution in [0.25, 0.3) is 0 Å². The van der Waals surface area contributed by atoms with E-state index in [9.17, 15) is 24.6 Å². The molecule has 8 nitrogen and oxygen atoms in total. The van der Waals surface area contributed by atoms with Crippen LogP contribution in [0.2, 0.25) is 0 Å². The van der Waals surface area contributed by atoms with Crippen LogP contribution < -0.4 is 10.6 Å². The first-order valence-corrected chi connectivity index (χ1v) is 10.9. The lowest BCUT2D eigenvalue weighted by Gasteiger charge is -2.31. The van der Waals surface area contributed by atoms with Crippen molar-refractivity contribution in [2.45, 2.75) is 44.3 Å². The molecule has 3 heterocycles. The van der Waals surface area contributed by atoms with Gasteiger partial charge in [-0.2, -0.15) is 0 Å². The van der Waals surface area contributed by atoms with Crippen molar-refractivity contribution in [1.29, 1.82) is 0 Å². The fourth-order valence-corrected chi connectivity index (χ4v) is 5.52. The lowest BCUT2D eigenvalue weighted by atomic mass is 9.76. The van der Waals surface area contributed by atoms with Crippen molar-refractivity contribution < 1.29 is 24.6 Å². The fourth-order valence-electron chi connectivity index (χ4n) is 5.52. The molecule has 2 fully saturated rings. The summed E-state index contributed by atoms with van der Waals surface area (Å²) in [6.45, 7) is 3.76. The number of amides is 3. The van der Waals surface area contributed by atoms with E-state index in [1.807, 2.05) is 32.0 Å². The molecular weight excluding hydrogens is 410 g/mol. The van der Waals surface area contributed by atoms with Gasteiger partial charge in [0, 0.05) is 23.3 Å². The third-order valence-corrected chi connectivity index (χ3v) is 7.18. The second kappa shape index (κ2) is 7.06. The Morgan fingerprint density at radius 1 is 1.06 bits per heavy atom. The molecule has 0 aliphatic carbocycles. The molecule has 1 spiro atoms. The molecule has 3 aliphatic heterocycles. The molecule has 3 amide bonds. The highest BCUT2D eigenvalue weighted by atomic mass is 16.3. The minimum Gasteiger partial charge on any atom is -0.504 e. The summed E-state index contributed by atoms with van der Waals surface area (Å²) in [6, 6.07) is 10.9. The van der Waals surface area contributed by atoms with E-state index in [0.29, 0.717) is 29.7 Å². The molecule has 0 unspecified atom stereocenters. The normalized spacial score (nSPS) is 29.4. The van der Waals surface area contributed by atoms with E-state index in [1.165, 1.54) is 17.0 Å². The van der Waals surface area contributed by atoms with Crippen molar-refractivity contribution in [3.63, 3.8) is 0 Å². The summed E-state index contributed by atoms with van der Waals surface area (Å²) in [7, 11) is 0. The Bertz CT molecular complexity index is 1150. The minimum atomic E-state index is -1.33. The number of fused-ring (bicyclic) bond motifs is 4. The number of anilines is 1. The van der Waals surface area contributed by atoms with Crippen molar-refractivity contribution in [2.24, 2.45) is 11.8 Å². The first-order valence-electron chi connectivity index (χ1n) is 10.9. The second-order valence-electron chi connectivity index (χ2n) is 8.89. The van der Waals surface area contributed by atoms with Crippen LogP contribution in [0.15, 0.2) is 42.5 Å². The maximum Gasteiger partial charge on any atom is 0.250 e. The van der Waals surface area contributed by atoms with Gasteiger partial charge in [-0.15, -0.1) is 0 Å². The van der Waals surface area contributed by atoms with Crippen LogP contribution in [0.3, 0.4) is 0 Å². The zero-order valence-electron chi connectivity index (χ0n) is 17.8. The van der Waals surface area contributed by atoms with Crippen LogP contribution in [0.5, 0.6) is 11.5 Å². The number of nitrogens with zero attached hydrogens (tertiary/aromatic N) is 1. The van der Waals surface area contributed by atoms with Crippen LogP contribution in [-0.4, -0.2) is 44.9 Å². The number of phenolic OH excluding ortho intramolecular Hbond substituents is 2. The third kappa shape index (κ3) is 2.62. The molecule has 0 aromatic heterocycles. The van der Waals surface area contributed by atoms with Crippen LogP contribution >= 0.6 is 0 Å². The predicted molar refractivity (Wildman–Crippen MR) is 116 cm³/mol. The van der Waals surface area contributed by atoms with E-state index in [-0.39, 0.29) is 35.3 Å². The van der Waals surface area contributed by atoms with E-state index in [4.69, 9.17) is 0 Å². The first kappa shape index (κ1) is 20.5. The summed E-state index contributed by atoms with van der Waals surface area (Å²) < 4.78 is 0. The van der Waals surface area contributed by atoms with Crippen molar-refractivity contribution in [1.82, 2.24) is 10.2 Å². The quantitative estimate of drug-likeness (QED) is 0.430. The summed E-state index contributed by atoms with van der Waals surface area (Å²) >= 11 is 0. The average Bonchev–Trinajstić information content (AvgIpc) is 3.35. The molecular formula is C24H25N3O5.